The number of nitrogens with one attached hydrogen (secondary N) is 1. The number of amides is 2. The van der Waals surface area contributed by atoms with E-state index in [1.807, 2.05) is 18.7 Å². The molecule has 1 rings (SSSR count). The Balaban J connectivity index is 2.44. The van der Waals surface area contributed by atoms with Gasteiger partial charge in [0, 0.05) is 13.1 Å². The zero-order valence-corrected chi connectivity index (χ0v) is 10.6. The molecule has 1 aliphatic rings. The molecule has 16 heavy (non-hydrogen) atoms. The highest BCUT2D eigenvalue weighted by atomic mass is 16.3. The van der Waals surface area contributed by atoms with E-state index >= 15 is 0 Å². The van der Waals surface area contributed by atoms with Crippen LogP contribution in [0.4, 0.5) is 4.79 Å². The van der Waals surface area contributed by atoms with E-state index in [4.69, 9.17) is 5.11 Å². The highest BCUT2D eigenvalue weighted by molar-refractivity contribution is 5.74. The highest BCUT2D eigenvalue weighted by Crippen LogP contribution is 2.15. The lowest BCUT2D eigenvalue weighted by atomic mass is 10.0. The predicted molar refractivity (Wildman–Crippen MR) is 64.2 cm³/mol. The van der Waals surface area contributed by atoms with Crippen molar-refractivity contribution in [1.82, 2.24) is 10.2 Å². The topological polar surface area (TPSA) is 52.6 Å². The van der Waals surface area contributed by atoms with Crippen molar-refractivity contribution in [3.8, 4) is 0 Å². The summed E-state index contributed by atoms with van der Waals surface area (Å²) in [6.07, 6.45) is 2.29. The number of carbonyl (C=O) groups is 1. The maximum absolute atomic E-state index is 11.9. The van der Waals surface area contributed by atoms with Crippen molar-refractivity contribution in [1.29, 1.82) is 0 Å². The van der Waals surface area contributed by atoms with Gasteiger partial charge in [-0.3, -0.25) is 0 Å². The molecular formula is C12H24N2O2. The first-order valence-corrected chi connectivity index (χ1v) is 6.21. The lowest BCUT2D eigenvalue weighted by molar-refractivity contribution is 0.151. The molecule has 0 spiro atoms. The lowest BCUT2D eigenvalue weighted by Gasteiger charge is -2.32. The van der Waals surface area contributed by atoms with Crippen LogP contribution in [-0.2, 0) is 0 Å². The smallest absolute Gasteiger partial charge is 0.317 e. The van der Waals surface area contributed by atoms with Crippen LogP contribution in [0.2, 0.25) is 0 Å². The van der Waals surface area contributed by atoms with Gasteiger partial charge in [-0.1, -0.05) is 20.8 Å². The first-order chi connectivity index (χ1) is 7.54. The van der Waals surface area contributed by atoms with E-state index in [9.17, 15) is 4.79 Å². The van der Waals surface area contributed by atoms with Gasteiger partial charge >= 0.3 is 6.03 Å². The minimum atomic E-state index is -0.135. The summed E-state index contributed by atoms with van der Waals surface area (Å²) in [4.78, 5) is 13.8. The second kappa shape index (κ2) is 6.09. The molecule has 2 unspecified atom stereocenters. The number of urea groups is 1. The van der Waals surface area contributed by atoms with Crippen LogP contribution in [0.3, 0.4) is 0 Å². The highest BCUT2D eigenvalue weighted by Gasteiger charge is 2.23. The quantitative estimate of drug-likeness (QED) is 0.768. The largest absolute Gasteiger partial charge is 0.394 e. The molecule has 0 bridgehead atoms. The van der Waals surface area contributed by atoms with E-state index in [1.54, 1.807) is 0 Å². The third kappa shape index (κ3) is 3.67. The maximum Gasteiger partial charge on any atom is 0.317 e. The van der Waals surface area contributed by atoms with Gasteiger partial charge in [0.1, 0.15) is 0 Å². The molecule has 0 aromatic carbocycles. The minimum absolute atomic E-state index is 0.00675. The Bertz CT molecular complexity index is 231. The third-order valence-corrected chi connectivity index (χ3v) is 3.25. The van der Waals surface area contributed by atoms with Crippen molar-refractivity contribution < 1.29 is 9.90 Å². The molecule has 2 atom stereocenters. The molecule has 0 aromatic heterocycles. The molecule has 2 N–H and O–H groups in total. The molecule has 0 radical (unpaired) electrons. The fourth-order valence-corrected chi connectivity index (χ4v) is 2.05. The molecule has 94 valence electrons. The Kier molecular flexibility index (Phi) is 5.06. The van der Waals surface area contributed by atoms with Gasteiger partial charge in [0.15, 0.2) is 0 Å². The van der Waals surface area contributed by atoms with Crippen LogP contribution in [-0.4, -0.2) is 41.8 Å². The Morgan fingerprint density at radius 2 is 2.25 bits per heavy atom. The zero-order valence-electron chi connectivity index (χ0n) is 10.6. The Morgan fingerprint density at radius 1 is 1.56 bits per heavy atom. The molecule has 0 saturated carbocycles. The van der Waals surface area contributed by atoms with Crippen LogP contribution in [0.15, 0.2) is 0 Å². The van der Waals surface area contributed by atoms with E-state index in [0.717, 1.165) is 19.5 Å². The van der Waals surface area contributed by atoms with Gasteiger partial charge in [-0.15, -0.1) is 0 Å². The minimum Gasteiger partial charge on any atom is -0.394 e. The number of rotatable bonds is 3. The molecule has 1 heterocycles. The van der Waals surface area contributed by atoms with Gasteiger partial charge in [-0.25, -0.2) is 4.79 Å². The van der Waals surface area contributed by atoms with E-state index in [0.29, 0.717) is 5.92 Å². The van der Waals surface area contributed by atoms with Gasteiger partial charge in [0.25, 0.3) is 0 Å². The molecule has 0 aliphatic carbocycles. The molecular weight excluding hydrogens is 204 g/mol. The van der Waals surface area contributed by atoms with Gasteiger partial charge in [-0.05, 0) is 24.7 Å². The number of likely N-dealkylation sites (tertiary alicyclic amines) is 1. The summed E-state index contributed by atoms with van der Waals surface area (Å²) in [6, 6.07) is -0.163. The molecule has 1 fully saturated rings. The maximum atomic E-state index is 11.9. The lowest BCUT2D eigenvalue weighted by Crippen LogP contribution is -2.50. The first kappa shape index (κ1) is 13.3. The summed E-state index contributed by atoms with van der Waals surface area (Å²) in [5.74, 6) is 0.849. The molecule has 1 aliphatic heterocycles. The zero-order chi connectivity index (χ0) is 12.1. The van der Waals surface area contributed by atoms with Crippen molar-refractivity contribution in [2.75, 3.05) is 19.7 Å². The van der Waals surface area contributed by atoms with Crippen molar-refractivity contribution in [3.05, 3.63) is 0 Å². The van der Waals surface area contributed by atoms with Crippen LogP contribution < -0.4 is 5.32 Å². The number of carbonyl (C=O) groups excluding carboxylic acids is 1. The summed E-state index contributed by atoms with van der Waals surface area (Å²) in [7, 11) is 0. The summed E-state index contributed by atoms with van der Waals surface area (Å²) in [5, 5.41) is 12.1. The fraction of sp³-hybridized carbons (Fsp3) is 0.917. The molecule has 0 aromatic rings. The SMILES string of the molecule is CC1CCCN(C(=O)NC(CO)C(C)C)C1. The van der Waals surface area contributed by atoms with Gasteiger partial charge in [-0.2, -0.15) is 0 Å². The van der Waals surface area contributed by atoms with Crippen LogP contribution in [0, 0.1) is 11.8 Å². The van der Waals surface area contributed by atoms with Crippen molar-refractivity contribution in [2.45, 2.75) is 39.7 Å². The summed E-state index contributed by atoms with van der Waals surface area (Å²) >= 11 is 0. The van der Waals surface area contributed by atoms with E-state index in [-0.39, 0.29) is 24.6 Å². The number of hydrogen-bond acceptors (Lipinski definition) is 2. The number of aliphatic hydroxyl groups excluding tert-OH is 1. The molecule has 2 amide bonds. The predicted octanol–water partition coefficient (Wildman–Crippen LogP) is 1.44. The van der Waals surface area contributed by atoms with Crippen molar-refractivity contribution >= 4 is 6.03 Å². The number of aliphatic hydroxyl groups is 1. The Labute approximate surface area is 98.0 Å². The standard InChI is InChI=1S/C12H24N2O2/c1-9(2)11(8-15)13-12(16)14-6-4-5-10(3)7-14/h9-11,15H,4-8H2,1-3H3,(H,13,16). The van der Waals surface area contributed by atoms with Crippen LogP contribution in [0.25, 0.3) is 0 Å². The number of nitrogens with zero attached hydrogens (tertiary/aromatic N) is 1. The van der Waals surface area contributed by atoms with Gasteiger partial charge in [0.05, 0.1) is 12.6 Å². The van der Waals surface area contributed by atoms with E-state index < -0.39 is 0 Å². The number of piperidine rings is 1. The normalized spacial score (nSPS) is 23.3. The van der Waals surface area contributed by atoms with E-state index in [2.05, 4.69) is 12.2 Å². The fourth-order valence-electron chi connectivity index (χ4n) is 2.05. The molecule has 4 heteroatoms. The van der Waals surface area contributed by atoms with Crippen molar-refractivity contribution in [3.63, 3.8) is 0 Å². The van der Waals surface area contributed by atoms with Crippen LogP contribution in [0.1, 0.15) is 33.6 Å². The first-order valence-electron chi connectivity index (χ1n) is 6.21. The Hall–Kier alpha value is -0.770. The number of hydrogen-bond donors (Lipinski definition) is 2. The summed E-state index contributed by atoms with van der Waals surface area (Å²) in [6.45, 7) is 7.85. The van der Waals surface area contributed by atoms with Gasteiger partial charge in [0.2, 0.25) is 0 Å². The monoisotopic (exact) mass is 228 g/mol. The second-order valence-electron chi connectivity index (χ2n) is 5.18. The summed E-state index contributed by atoms with van der Waals surface area (Å²) < 4.78 is 0. The second-order valence-corrected chi connectivity index (χ2v) is 5.18. The average Bonchev–Trinajstić information content (AvgIpc) is 2.25. The summed E-state index contributed by atoms with van der Waals surface area (Å²) in [5.41, 5.74) is 0. The molecule has 1 saturated heterocycles. The van der Waals surface area contributed by atoms with Gasteiger partial charge < -0.3 is 15.3 Å². The van der Waals surface area contributed by atoms with Crippen LogP contribution >= 0.6 is 0 Å². The average molecular weight is 228 g/mol. The Morgan fingerprint density at radius 3 is 2.75 bits per heavy atom. The van der Waals surface area contributed by atoms with E-state index in [1.165, 1.54) is 6.42 Å². The van der Waals surface area contributed by atoms with Crippen molar-refractivity contribution in [2.24, 2.45) is 11.8 Å². The van der Waals surface area contributed by atoms with Crippen LogP contribution in [0.5, 0.6) is 0 Å². The third-order valence-electron chi connectivity index (χ3n) is 3.25. The molecule has 4 nitrogen and oxygen atoms in total.